The minimum atomic E-state index is -0.479. The normalized spacial score (nSPS) is 19.8. The predicted octanol–water partition coefficient (Wildman–Crippen LogP) is 2.29. The van der Waals surface area contributed by atoms with Crippen molar-refractivity contribution in [1.82, 2.24) is 4.90 Å². The lowest BCUT2D eigenvalue weighted by Crippen LogP contribution is -2.46. The first kappa shape index (κ1) is 14.9. The lowest BCUT2D eigenvalue weighted by Gasteiger charge is -2.37. The summed E-state index contributed by atoms with van der Waals surface area (Å²) in [6.07, 6.45) is 4.12. The molecule has 3 heteroatoms. The first-order valence-electron chi connectivity index (χ1n) is 7.16. The number of nitrogens with zero attached hydrogens (tertiary/aromatic N) is 1. The molecule has 1 fully saturated rings. The van der Waals surface area contributed by atoms with Gasteiger partial charge in [0.2, 0.25) is 0 Å². The van der Waals surface area contributed by atoms with Crippen molar-refractivity contribution in [2.24, 2.45) is 5.92 Å². The van der Waals surface area contributed by atoms with E-state index in [-0.39, 0.29) is 0 Å². The summed E-state index contributed by atoms with van der Waals surface area (Å²) in [4.78, 5) is 2.41. The fraction of sp³-hybridized carbons (Fsp3) is 1.00. The maximum atomic E-state index is 10.3. The molecule has 102 valence electrons. The maximum Gasteiger partial charge on any atom is 0.0768 e. The molecule has 1 heterocycles. The Kier molecular flexibility index (Phi) is 6.45. The van der Waals surface area contributed by atoms with Crippen LogP contribution < -0.4 is 0 Å². The van der Waals surface area contributed by atoms with Gasteiger partial charge in [-0.25, -0.2) is 0 Å². The van der Waals surface area contributed by atoms with Crippen LogP contribution in [0.15, 0.2) is 0 Å². The summed E-state index contributed by atoms with van der Waals surface area (Å²) in [5, 5.41) is 10.3. The summed E-state index contributed by atoms with van der Waals surface area (Å²) in [6.45, 7) is 11.0. The van der Waals surface area contributed by atoms with Gasteiger partial charge in [0.05, 0.1) is 5.60 Å². The van der Waals surface area contributed by atoms with Crippen molar-refractivity contribution in [3.05, 3.63) is 0 Å². The number of rotatable bonds is 7. The van der Waals surface area contributed by atoms with Gasteiger partial charge in [-0.3, -0.25) is 0 Å². The number of β-amino-alcohol motifs (C(OH)–C–C–N with tert-alkyl or cyclic N) is 1. The van der Waals surface area contributed by atoms with Gasteiger partial charge in [0, 0.05) is 19.8 Å². The van der Waals surface area contributed by atoms with Crippen LogP contribution in [-0.4, -0.2) is 48.5 Å². The van der Waals surface area contributed by atoms with E-state index >= 15 is 0 Å². The highest BCUT2D eigenvalue weighted by Crippen LogP contribution is 2.22. The molecule has 1 rings (SSSR count). The summed E-state index contributed by atoms with van der Waals surface area (Å²) in [5.41, 5.74) is -0.479. The van der Waals surface area contributed by atoms with Crippen molar-refractivity contribution in [1.29, 1.82) is 0 Å². The zero-order valence-corrected chi connectivity index (χ0v) is 11.7. The van der Waals surface area contributed by atoms with Crippen molar-refractivity contribution in [3.63, 3.8) is 0 Å². The van der Waals surface area contributed by atoms with E-state index in [1.165, 1.54) is 12.8 Å². The molecular weight excluding hydrogens is 214 g/mol. The molecule has 0 unspecified atom stereocenters. The van der Waals surface area contributed by atoms with Crippen molar-refractivity contribution >= 4 is 0 Å². The number of hydrogen-bond acceptors (Lipinski definition) is 3. The second-order valence-corrected chi connectivity index (χ2v) is 5.31. The number of piperidine rings is 1. The van der Waals surface area contributed by atoms with Gasteiger partial charge in [0.25, 0.3) is 0 Å². The average Bonchev–Trinajstić information content (AvgIpc) is 2.38. The fourth-order valence-electron chi connectivity index (χ4n) is 2.49. The van der Waals surface area contributed by atoms with Crippen LogP contribution in [0.25, 0.3) is 0 Å². The molecule has 3 nitrogen and oxygen atoms in total. The highest BCUT2D eigenvalue weighted by Gasteiger charge is 2.28. The van der Waals surface area contributed by atoms with Crippen LogP contribution >= 0.6 is 0 Å². The van der Waals surface area contributed by atoms with Crippen LogP contribution in [0.1, 0.15) is 46.5 Å². The quantitative estimate of drug-likeness (QED) is 0.744. The standard InChI is InChI=1S/C14H29NO2/c1-4-14(16,5-2)12-15-9-7-13(8-10-15)11-17-6-3/h13,16H,4-12H2,1-3H3. The van der Waals surface area contributed by atoms with E-state index in [0.29, 0.717) is 0 Å². The highest BCUT2D eigenvalue weighted by molar-refractivity contribution is 4.82. The first-order chi connectivity index (χ1) is 8.13. The molecule has 0 aromatic carbocycles. The third-order valence-corrected chi connectivity index (χ3v) is 4.10. The number of ether oxygens (including phenoxy) is 1. The molecular formula is C14H29NO2. The predicted molar refractivity (Wildman–Crippen MR) is 71.2 cm³/mol. The molecule has 0 aliphatic carbocycles. The van der Waals surface area contributed by atoms with Crippen LogP contribution in [0.3, 0.4) is 0 Å². The van der Waals surface area contributed by atoms with Gasteiger partial charge in [-0.05, 0) is 51.6 Å². The third-order valence-electron chi connectivity index (χ3n) is 4.10. The van der Waals surface area contributed by atoms with Crippen LogP contribution in [0.4, 0.5) is 0 Å². The van der Waals surface area contributed by atoms with Crippen LogP contribution in [0, 0.1) is 5.92 Å². The van der Waals surface area contributed by atoms with Crippen molar-refractivity contribution in [3.8, 4) is 0 Å². The van der Waals surface area contributed by atoms with Crippen molar-refractivity contribution < 1.29 is 9.84 Å². The summed E-state index contributed by atoms with van der Waals surface area (Å²) < 4.78 is 5.48. The van der Waals surface area contributed by atoms with Gasteiger partial charge >= 0.3 is 0 Å². The topological polar surface area (TPSA) is 32.7 Å². The lowest BCUT2D eigenvalue weighted by atomic mass is 9.93. The smallest absolute Gasteiger partial charge is 0.0768 e. The van der Waals surface area contributed by atoms with E-state index in [2.05, 4.69) is 25.7 Å². The Balaban J connectivity index is 2.27. The van der Waals surface area contributed by atoms with E-state index in [9.17, 15) is 5.11 Å². The summed E-state index contributed by atoms with van der Waals surface area (Å²) in [6, 6.07) is 0. The minimum Gasteiger partial charge on any atom is -0.389 e. The number of aliphatic hydroxyl groups is 1. The Morgan fingerprint density at radius 1 is 1.18 bits per heavy atom. The van der Waals surface area contributed by atoms with Crippen molar-refractivity contribution in [2.75, 3.05) is 32.8 Å². The summed E-state index contributed by atoms with van der Waals surface area (Å²) >= 11 is 0. The van der Waals surface area contributed by atoms with E-state index in [4.69, 9.17) is 4.74 Å². The van der Waals surface area contributed by atoms with Gasteiger partial charge in [0.1, 0.15) is 0 Å². The third kappa shape index (κ3) is 4.94. The van der Waals surface area contributed by atoms with E-state index in [1.807, 2.05) is 0 Å². The molecule has 0 radical (unpaired) electrons. The van der Waals surface area contributed by atoms with Crippen LogP contribution in [0.5, 0.6) is 0 Å². The van der Waals surface area contributed by atoms with Crippen LogP contribution in [0.2, 0.25) is 0 Å². The SMILES string of the molecule is CCOCC1CCN(CC(O)(CC)CC)CC1. The molecule has 0 atom stereocenters. The minimum absolute atomic E-state index is 0.479. The molecule has 1 aliphatic rings. The largest absolute Gasteiger partial charge is 0.389 e. The number of likely N-dealkylation sites (tertiary alicyclic amines) is 1. The Labute approximate surface area is 106 Å². The van der Waals surface area contributed by atoms with E-state index in [0.717, 1.165) is 51.6 Å². The van der Waals surface area contributed by atoms with Crippen molar-refractivity contribution in [2.45, 2.75) is 52.1 Å². The van der Waals surface area contributed by atoms with E-state index < -0.39 is 5.60 Å². The molecule has 0 bridgehead atoms. The zero-order valence-electron chi connectivity index (χ0n) is 11.7. The average molecular weight is 243 g/mol. The monoisotopic (exact) mass is 243 g/mol. The summed E-state index contributed by atoms with van der Waals surface area (Å²) in [7, 11) is 0. The Morgan fingerprint density at radius 2 is 1.76 bits per heavy atom. The second kappa shape index (κ2) is 7.34. The molecule has 1 aliphatic heterocycles. The maximum absolute atomic E-state index is 10.3. The molecule has 0 spiro atoms. The molecule has 0 amide bonds. The van der Waals surface area contributed by atoms with Crippen LogP contribution in [-0.2, 0) is 4.74 Å². The molecule has 17 heavy (non-hydrogen) atoms. The van der Waals surface area contributed by atoms with Gasteiger partial charge in [-0.15, -0.1) is 0 Å². The zero-order chi connectivity index (χ0) is 12.7. The second-order valence-electron chi connectivity index (χ2n) is 5.31. The molecule has 1 N–H and O–H groups in total. The lowest BCUT2D eigenvalue weighted by molar-refractivity contribution is -0.0164. The van der Waals surface area contributed by atoms with E-state index in [1.54, 1.807) is 0 Å². The van der Waals surface area contributed by atoms with Gasteiger partial charge in [-0.2, -0.15) is 0 Å². The molecule has 0 aromatic heterocycles. The summed E-state index contributed by atoms with van der Waals surface area (Å²) in [5.74, 6) is 0.725. The number of hydrogen-bond donors (Lipinski definition) is 1. The molecule has 1 saturated heterocycles. The van der Waals surface area contributed by atoms with Gasteiger partial charge in [-0.1, -0.05) is 13.8 Å². The van der Waals surface area contributed by atoms with Gasteiger partial charge in [0.15, 0.2) is 0 Å². The van der Waals surface area contributed by atoms with Gasteiger partial charge < -0.3 is 14.7 Å². The molecule has 0 saturated carbocycles. The first-order valence-corrected chi connectivity index (χ1v) is 7.16. The fourth-order valence-corrected chi connectivity index (χ4v) is 2.49. The highest BCUT2D eigenvalue weighted by atomic mass is 16.5. The Hall–Kier alpha value is -0.120. The Morgan fingerprint density at radius 3 is 2.24 bits per heavy atom. The Bertz CT molecular complexity index is 196. The molecule has 0 aromatic rings.